The number of hydrogen-bond acceptors (Lipinski definition) is 3. The van der Waals surface area contributed by atoms with Gasteiger partial charge in [-0.2, -0.15) is 0 Å². The molecule has 1 aromatic heterocycles. The number of carbonyl (C=O) groups excluding carboxylic acids is 2. The van der Waals surface area contributed by atoms with E-state index in [9.17, 15) is 9.59 Å². The number of benzene rings is 1. The summed E-state index contributed by atoms with van der Waals surface area (Å²) < 4.78 is 4.89. The molecule has 1 amide bonds. The Bertz CT molecular complexity index is 683. The van der Waals surface area contributed by atoms with Crippen LogP contribution in [0.3, 0.4) is 0 Å². The van der Waals surface area contributed by atoms with E-state index in [-0.39, 0.29) is 11.9 Å². The van der Waals surface area contributed by atoms with Crippen LogP contribution < -0.4 is 5.32 Å². The summed E-state index contributed by atoms with van der Waals surface area (Å²) in [6.45, 7) is 0. The normalized spacial score (nSPS) is 16.7. The molecule has 0 bridgehead atoms. The summed E-state index contributed by atoms with van der Waals surface area (Å²) >= 11 is 0. The van der Waals surface area contributed by atoms with Crippen molar-refractivity contribution in [2.24, 2.45) is 5.92 Å². The highest BCUT2D eigenvalue weighted by Crippen LogP contribution is 2.27. The lowest BCUT2D eigenvalue weighted by Gasteiger charge is -2.25. The van der Waals surface area contributed by atoms with Crippen molar-refractivity contribution in [2.45, 2.75) is 44.6 Å². The molecule has 1 fully saturated rings. The molecule has 3 rings (SSSR count). The zero-order chi connectivity index (χ0) is 16.9. The summed E-state index contributed by atoms with van der Waals surface area (Å²) in [7, 11) is 1.37. The molecule has 1 aliphatic carbocycles. The first-order valence-electron chi connectivity index (χ1n) is 8.64. The summed E-state index contributed by atoms with van der Waals surface area (Å²) in [5.74, 6) is -0.159. The maximum absolute atomic E-state index is 12.5. The fourth-order valence-electron chi connectivity index (χ4n) is 3.54. The molecule has 2 aromatic rings. The molecule has 2 N–H and O–H groups in total. The van der Waals surface area contributed by atoms with Gasteiger partial charge in [-0.25, -0.2) is 4.79 Å². The molecule has 0 saturated heterocycles. The summed E-state index contributed by atoms with van der Waals surface area (Å²) in [6.07, 6.45) is 6.56. The van der Waals surface area contributed by atoms with E-state index in [0.29, 0.717) is 18.0 Å². The third kappa shape index (κ3) is 3.78. The van der Waals surface area contributed by atoms with Crippen molar-refractivity contribution in [2.75, 3.05) is 7.11 Å². The molecule has 0 unspecified atom stereocenters. The van der Waals surface area contributed by atoms with Gasteiger partial charge in [0, 0.05) is 10.9 Å². The van der Waals surface area contributed by atoms with Crippen LogP contribution in [0, 0.1) is 5.92 Å². The maximum atomic E-state index is 12.5. The summed E-state index contributed by atoms with van der Waals surface area (Å²) in [6, 6.07) is 8.93. The van der Waals surface area contributed by atoms with Crippen LogP contribution in [0.15, 0.2) is 30.3 Å². The minimum absolute atomic E-state index is 0.266. The van der Waals surface area contributed by atoms with Crippen LogP contribution in [-0.4, -0.2) is 30.0 Å². The molecule has 5 heteroatoms. The Labute approximate surface area is 141 Å². The van der Waals surface area contributed by atoms with Crippen LogP contribution >= 0.6 is 0 Å². The number of carbonyl (C=O) groups is 2. The first-order valence-corrected chi connectivity index (χ1v) is 8.64. The van der Waals surface area contributed by atoms with E-state index in [1.807, 2.05) is 24.3 Å². The molecule has 0 aliphatic heterocycles. The Hall–Kier alpha value is -2.30. The smallest absolute Gasteiger partial charge is 0.328 e. The van der Waals surface area contributed by atoms with Crippen LogP contribution in [-0.2, 0) is 9.53 Å². The number of fused-ring (bicyclic) bond motifs is 1. The predicted molar refractivity (Wildman–Crippen MR) is 92.8 cm³/mol. The second kappa shape index (κ2) is 7.51. The lowest BCUT2D eigenvalue weighted by Crippen LogP contribution is -2.43. The van der Waals surface area contributed by atoms with Gasteiger partial charge in [0.05, 0.1) is 7.11 Å². The second-order valence-electron chi connectivity index (χ2n) is 6.56. The molecule has 1 heterocycles. The maximum Gasteiger partial charge on any atom is 0.328 e. The van der Waals surface area contributed by atoms with Crippen molar-refractivity contribution in [1.82, 2.24) is 10.3 Å². The monoisotopic (exact) mass is 328 g/mol. The Morgan fingerprint density at radius 1 is 1.25 bits per heavy atom. The van der Waals surface area contributed by atoms with Gasteiger partial charge in [0.15, 0.2) is 0 Å². The first-order chi connectivity index (χ1) is 11.7. The molecule has 128 valence electrons. The molecule has 1 aromatic carbocycles. The van der Waals surface area contributed by atoms with Crippen LogP contribution in [0.4, 0.5) is 0 Å². The molecule has 1 atom stereocenters. The fraction of sp³-hybridized carbons (Fsp3) is 0.474. The van der Waals surface area contributed by atoms with Gasteiger partial charge >= 0.3 is 5.97 Å². The molecule has 0 spiro atoms. The molecule has 24 heavy (non-hydrogen) atoms. The first kappa shape index (κ1) is 16.6. The Balaban J connectivity index is 1.70. The number of esters is 1. The molecular weight excluding hydrogens is 304 g/mol. The third-order valence-corrected chi connectivity index (χ3v) is 4.86. The standard InChI is InChI=1S/C19H24N2O3/c1-24-19(23)17(11-13-7-3-2-4-8-13)21-18(22)16-12-14-9-5-6-10-15(14)20-16/h5-6,9-10,12-13,17,20H,2-4,7-8,11H2,1H3,(H,21,22)/t17-/m0/s1. The third-order valence-electron chi connectivity index (χ3n) is 4.86. The number of rotatable bonds is 5. The van der Waals surface area contributed by atoms with E-state index in [0.717, 1.165) is 23.7 Å². The largest absolute Gasteiger partial charge is 0.467 e. The van der Waals surface area contributed by atoms with E-state index in [1.54, 1.807) is 6.07 Å². The minimum atomic E-state index is -0.586. The molecule has 1 saturated carbocycles. The fourth-order valence-corrected chi connectivity index (χ4v) is 3.54. The topological polar surface area (TPSA) is 71.2 Å². The highest BCUT2D eigenvalue weighted by atomic mass is 16.5. The number of nitrogens with one attached hydrogen (secondary N) is 2. The molecule has 1 aliphatic rings. The van der Waals surface area contributed by atoms with Crippen LogP contribution in [0.25, 0.3) is 10.9 Å². The average molecular weight is 328 g/mol. The lowest BCUT2D eigenvalue weighted by atomic mass is 9.85. The number of para-hydroxylation sites is 1. The number of H-pyrrole nitrogens is 1. The van der Waals surface area contributed by atoms with Crippen LogP contribution in [0.2, 0.25) is 0 Å². The number of hydrogen-bond donors (Lipinski definition) is 2. The van der Waals surface area contributed by atoms with Crippen molar-refractivity contribution in [1.29, 1.82) is 0 Å². The Morgan fingerprint density at radius 2 is 2.00 bits per heavy atom. The van der Waals surface area contributed by atoms with Crippen molar-refractivity contribution in [3.05, 3.63) is 36.0 Å². The highest BCUT2D eigenvalue weighted by Gasteiger charge is 2.27. The number of amides is 1. The molecule has 0 radical (unpaired) electrons. The predicted octanol–water partition coefficient (Wildman–Crippen LogP) is 3.41. The highest BCUT2D eigenvalue weighted by molar-refractivity contribution is 5.99. The van der Waals surface area contributed by atoms with Gasteiger partial charge in [0.2, 0.25) is 0 Å². The van der Waals surface area contributed by atoms with Gasteiger partial charge in [-0.05, 0) is 24.5 Å². The summed E-state index contributed by atoms with van der Waals surface area (Å²) in [5, 5.41) is 3.82. The van der Waals surface area contributed by atoms with Gasteiger partial charge in [0.25, 0.3) is 5.91 Å². The minimum Gasteiger partial charge on any atom is -0.467 e. The van der Waals surface area contributed by atoms with E-state index in [2.05, 4.69) is 10.3 Å². The van der Waals surface area contributed by atoms with E-state index >= 15 is 0 Å². The van der Waals surface area contributed by atoms with Gasteiger partial charge in [-0.3, -0.25) is 4.79 Å². The Morgan fingerprint density at radius 3 is 2.71 bits per heavy atom. The zero-order valence-electron chi connectivity index (χ0n) is 14.0. The van der Waals surface area contributed by atoms with Gasteiger partial charge in [-0.15, -0.1) is 0 Å². The number of methoxy groups -OCH3 is 1. The Kier molecular flexibility index (Phi) is 5.18. The van der Waals surface area contributed by atoms with Crippen LogP contribution in [0.1, 0.15) is 49.0 Å². The van der Waals surface area contributed by atoms with E-state index < -0.39 is 6.04 Å². The number of ether oxygens (including phenoxy) is 1. The van der Waals surface area contributed by atoms with Gasteiger partial charge in [0.1, 0.15) is 11.7 Å². The average Bonchev–Trinajstić information content (AvgIpc) is 3.05. The quantitative estimate of drug-likeness (QED) is 0.826. The van der Waals surface area contributed by atoms with Gasteiger partial charge < -0.3 is 15.0 Å². The second-order valence-corrected chi connectivity index (χ2v) is 6.56. The van der Waals surface area contributed by atoms with E-state index in [4.69, 9.17) is 4.74 Å². The SMILES string of the molecule is COC(=O)[C@H](CC1CCCCC1)NC(=O)c1cc2ccccc2[nH]1. The van der Waals surface area contributed by atoms with Gasteiger partial charge in [-0.1, -0.05) is 50.3 Å². The van der Waals surface area contributed by atoms with Crippen molar-refractivity contribution in [3.8, 4) is 0 Å². The van der Waals surface area contributed by atoms with E-state index in [1.165, 1.54) is 26.4 Å². The summed E-state index contributed by atoms with van der Waals surface area (Å²) in [5.41, 5.74) is 1.37. The number of aromatic amines is 1. The lowest BCUT2D eigenvalue weighted by molar-refractivity contribution is -0.143. The zero-order valence-corrected chi connectivity index (χ0v) is 14.0. The molecular formula is C19H24N2O3. The van der Waals surface area contributed by atoms with Crippen molar-refractivity contribution in [3.63, 3.8) is 0 Å². The van der Waals surface area contributed by atoms with Crippen LogP contribution in [0.5, 0.6) is 0 Å². The van der Waals surface area contributed by atoms with Crippen molar-refractivity contribution < 1.29 is 14.3 Å². The summed E-state index contributed by atoms with van der Waals surface area (Å²) in [4.78, 5) is 27.7. The molecule has 5 nitrogen and oxygen atoms in total. The number of aromatic nitrogens is 1. The van der Waals surface area contributed by atoms with Crippen molar-refractivity contribution >= 4 is 22.8 Å².